The first-order valence-corrected chi connectivity index (χ1v) is 9.99. The summed E-state index contributed by atoms with van der Waals surface area (Å²) >= 11 is 1.58. The van der Waals surface area contributed by atoms with Crippen molar-refractivity contribution in [2.24, 2.45) is 0 Å². The predicted molar refractivity (Wildman–Crippen MR) is 117 cm³/mol. The summed E-state index contributed by atoms with van der Waals surface area (Å²) in [6.07, 6.45) is 3.38. The molecule has 2 aromatic carbocycles. The fourth-order valence-corrected chi connectivity index (χ4v) is 3.30. The van der Waals surface area contributed by atoms with Crippen molar-refractivity contribution in [2.45, 2.75) is 26.2 Å². The fourth-order valence-electron chi connectivity index (χ4n) is 2.68. The van der Waals surface area contributed by atoms with Gasteiger partial charge in [0, 0.05) is 21.7 Å². The highest BCUT2D eigenvalue weighted by molar-refractivity contribution is 7.10. The molecule has 1 N–H and O–H groups in total. The third kappa shape index (κ3) is 5.05. The molecule has 0 saturated carbocycles. The normalized spacial score (nSPS) is 11.5. The van der Waals surface area contributed by atoms with Gasteiger partial charge < -0.3 is 5.32 Å². The number of nitrogens with one attached hydrogen (secondary N) is 1. The maximum Gasteiger partial charge on any atom is 0.255 e. The Morgan fingerprint density at radius 2 is 1.54 bits per heavy atom. The van der Waals surface area contributed by atoms with Crippen LogP contribution in [0.2, 0.25) is 0 Å². The zero-order chi connectivity index (χ0) is 20.1. The molecule has 1 amide bonds. The molecule has 0 spiro atoms. The van der Waals surface area contributed by atoms with Gasteiger partial charge in [0.25, 0.3) is 5.91 Å². The third-order valence-electron chi connectivity index (χ3n) is 4.38. The molecule has 0 aliphatic heterocycles. The summed E-state index contributed by atoms with van der Waals surface area (Å²) in [5.74, 6) is -0.235. The highest BCUT2D eigenvalue weighted by atomic mass is 32.1. The van der Waals surface area contributed by atoms with Gasteiger partial charge in [-0.1, -0.05) is 39.0 Å². The Morgan fingerprint density at radius 1 is 0.893 bits per heavy atom. The highest BCUT2D eigenvalue weighted by Crippen LogP contribution is 2.22. The molecule has 0 unspecified atom stereocenters. The summed E-state index contributed by atoms with van der Waals surface area (Å²) in [4.78, 5) is 25.7. The molecule has 1 heterocycles. The van der Waals surface area contributed by atoms with E-state index in [1.165, 1.54) is 5.56 Å². The molecular formula is C24H23NO2S. The quantitative estimate of drug-likeness (QED) is 0.417. The van der Waals surface area contributed by atoms with E-state index in [9.17, 15) is 9.59 Å². The van der Waals surface area contributed by atoms with E-state index >= 15 is 0 Å². The van der Waals surface area contributed by atoms with Crippen LogP contribution in [-0.2, 0) is 5.41 Å². The van der Waals surface area contributed by atoms with Gasteiger partial charge in [-0.05, 0) is 71.0 Å². The van der Waals surface area contributed by atoms with Crippen molar-refractivity contribution in [3.05, 3.63) is 93.7 Å². The van der Waals surface area contributed by atoms with Gasteiger partial charge in [-0.2, -0.15) is 0 Å². The predicted octanol–water partition coefficient (Wildman–Crippen LogP) is 6.19. The number of anilines is 1. The van der Waals surface area contributed by atoms with Crippen LogP contribution in [-0.4, -0.2) is 11.7 Å². The first-order chi connectivity index (χ1) is 13.3. The van der Waals surface area contributed by atoms with Crippen LogP contribution in [0.3, 0.4) is 0 Å². The van der Waals surface area contributed by atoms with E-state index in [2.05, 4.69) is 26.1 Å². The number of allylic oxidation sites excluding steroid dienone is 1. The molecule has 0 aliphatic carbocycles. The number of benzene rings is 2. The van der Waals surface area contributed by atoms with Gasteiger partial charge in [-0.3, -0.25) is 9.59 Å². The van der Waals surface area contributed by atoms with Crippen LogP contribution in [0.25, 0.3) is 6.08 Å². The molecule has 0 atom stereocenters. The maximum atomic E-state index is 12.4. The van der Waals surface area contributed by atoms with Crippen LogP contribution in [0.4, 0.5) is 5.69 Å². The molecule has 3 aromatic rings. The van der Waals surface area contributed by atoms with E-state index < -0.39 is 0 Å². The minimum absolute atomic E-state index is 0.0509. The number of carbonyl (C=O) groups is 2. The van der Waals surface area contributed by atoms with Gasteiger partial charge in [0.05, 0.1) is 0 Å². The van der Waals surface area contributed by atoms with Gasteiger partial charge in [-0.25, -0.2) is 0 Å². The van der Waals surface area contributed by atoms with Crippen LogP contribution >= 0.6 is 11.3 Å². The van der Waals surface area contributed by atoms with E-state index in [1.54, 1.807) is 41.7 Å². The largest absolute Gasteiger partial charge is 0.322 e. The summed E-state index contributed by atoms with van der Waals surface area (Å²) in [6, 6.07) is 18.5. The van der Waals surface area contributed by atoms with Gasteiger partial charge in [-0.15, -0.1) is 11.3 Å². The maximum absolute atomic E-state index is 12.4. The van der Waals surface area contributed by atoms with Gasteiger partial charge in [0.2, 0.25) is 0 Å². The van der Waals surface area contributed by atoms with Crippen LogP contribution in [0.1, 0.15) is 51.9 Å². The molecule has 0 fully saturated rings. The van der Waals surface area contributed by atoms with Crippen LogP contribution in [0, 0.1) is 0 Å². The molecule has 0 radical (unpaired) electrons. The average Bonchev–Trinajstić information content (AvgIpc) is 3.20. The Balaban J connectivity index is 1.63. The van der Waals surface area contributed by atoms with Crippen molar-refractivity contribution < 1.29 is 9.59 Å². The molecule has 0 bridgehead atoms. The lowest BCUT2D eigenvalue weighted by molar-refractivity contribution is 0.102. The van der Waals surface area contributed by atoms with Crippen molar-refractivity contribution in [3.63, 3.8) is 0 Å². The molecule has 0 saturated heterocycles. The minimum atomic E-state index is -0.169. The van der Waals surface area contributed by atoms with Crippen LogP contribution in [0.15, 0.2) is 72.1 Å². The lowest BCUT2D eigenvalue weighted by atomic mass is 9.87. The smallest absolute Gasteiger partial charge is 0.255 e. The van der Waals surface area contributed by atoms with Crippen LogP contribution in [0.5, 0.6) is 0 Å². The van der Waals surface area contributed by atoms with Crippen molar-refractivity contribution in [1.29, 1.82) is 0 Å². The van der Waals surface area contributed by atoms with Crippen molar-refractivity contribution >= 4 is 34.8 Å². The van der Waals surface area contributed by atoms with Crippen LogP contribution < -0.4 is 5.32 Å². The molecular weight excluding hydrogens is 366 g/mol. The second-order valence-corrected chi connectivity index (χ2v) is 8.55. The number of carbonyl (C=O) groups excluding carboxylic acids is 2. The van der Waals surface area contributed by atoms with Gasteiger partial charge in [0.1, 0.15) is 0 Å². The summed E-state index contributed by atoms with van der Waals surface area (Å²) in [6.45, 7) is 6.42. The summed E-state index contributed by atoms with van der Waals surface area (Å²) in [5.41, 5.74) is 3.08. The van der Waals surface area contributed by atoms with Gasteiger partial charge >= 0.3 is 0 Å². The average molecular weight is 390 g/mol. The Hall–Kier alpha value is -2.98. The molecule has 142 valence electrons. The Kier molecular flexibility index (Phi) is 5.90. The number of hydrogen-bond acceptors (Lipinski definition) is 3. The Morgan fingerprint density at radius 3 is 2.11 bits per heavy atom. The molecule has 3 rings (SSSR count). The number of rotatable bonds is 5. The molecule has 0 aliphatic rings. The molecule has 28 heavy (non-hydrogen) atoms. The van der Waals surface area contributed by atoms with Crippen molar-refractivity contribution in [1.82, 2.24) is 0 Å². The zero-order valence-corrected chi connectivity index (χ0v) is 17.0. The van der Waals surface area contributed by atoms with Gasteiger partial charge in [0.15, 0.2) is 5.78 Å². The first-order valence-electron chi connectivity index (χ1n) is 9.11. The number of hydrogen-bond donors (Lipinski definition) is 1. The summed E-state index contributed by atoms with van der Waals surface area (Å²) in [5, 5.41) is 4.84. The first kappa shape index (κ1) is 19.8. The fraction of sp³-hybridized carbons (Fsp3) is 0.167. The SMILES string of the molecule is CC(C)(C)c1ccc(C(=O)Nc2ccc(C(=O)/C=C/c3cccs3)cc2)cc1. The van der Waals surface area contributed by atoms with E-state index in [-0.39, 0.29) is 17.1 Å². The highest BCUT2D eigenvalue weighted by Gasteiger charge is 2.14. The second kappa shape index (κ2) is 8.36. The lowest BCUT2D eigenvalue weighted by Gasteiger charge is -2.19. The Labute approximate surface area is 169 Å². The van der Waals surface area contributed by atoms with E-state index in [0.717, 1.165) is 4.88 Å². The molecule has 3 nitrogen and oxygen atoms in total. The molecule has 4 heteroatoms. The second-order valence-electron chi connectivity index (χ2n) is 7.57. The monoisotopic (exact) mass is 389 g/mol. The minimum Gasteiger partial charge on any atom is -0.322 e. The topological polar surface area (TPSA) is 46.2 Å². The lowest BCUT2D eigenvalue weighted by Crippen LogP contribution is -2.14. The van der Waals surface area contributed by atoms with Crippen molar-refractivity contribution in [3.8, 4) is 0 Å². The number of ketones is 1. The van der Waals surface area contributed by atoms with E-state index in [4.69, 9.17) is 0 Å². The molecule has 1 aromatic heterocycles. The Bertz CT molecular complexity index is 977. The zero-order valence-electron chi connectivity index (χ0n) is 16.2. The van der Waals surface area contributed by atoms with E-state index in [1.807, 2.05) is 47.9 Å². The van der Waals surface area contributed by atoms with E-state index in [0.29, 0.717) is 16.8 Å². The number of amides is 1. The summed E-state index contributed by atoms with van der Waals surface area (Å²) < 4.78 is 0. The number of thiophene rings is 1. The van der Waals surface area contributed by atoms with Crippen molar-refractivity contribution in [2.75, 3.05) is 5.32 Å². The summed E-state index contributed by atoms with van der Waals surface area (Å²) in [7, 11) is 0. The standard InChI is InChI=1S/C24H23NO2S/c1-24(2,3)19-10-6-18(7-11-19)23(27)25-20-12-8-17(9-13-20)22(26)15-14-21-5-4-16-28-21/h4-16H,1-3H3,(H,25,27)/b15-14+. The third-order valence-corrected chi connectivity index (χ3v) is 5.22.